The fourth-order valence-corrected chi connectivity index (χ4v) is 5.02. The molecule has 0 atom stereocenters. The Morgan fingerprint density at radius 2 is 1.91 bits per heavy atom. The molecule has 0 fully saturated rings. The van der Waals surface area contributed by atoms with Gasteiger partial charge in [0.05, 0.1) is 49.1 Å². The molecule has 3 heterocycles. The van der Waals surface area contributed by atoms with E-state index in [9.17, 15) is 10.1 Å². The van der Waals surface area contributed by atoms with Gasteiger partial charge < -0.3 is 9.47 Å². The Balaban J connectivity index is 1.64. The van der Waals surface area contributed by atoms with E-state index in [1.807, 2.05) is 22.9 Å². The van der Waals surface area contributed by atoms with Crippen LogP contribution in [0.15, 0.2) is 63.3 Å². The number of halogens is 2. The number of nitro benzene ring substituents is 1. The Morgan fingerprint density at radius 3 is 2.64 bits per heavy atom. The summed E-state index contributed by atoms with van der Waals surface area (Å²) in [6.45, 7) is 0.0154. The number of ether oxygens (including phenoxy) is 2. The van der Waals surface area contributed by atoms with Crippen LogP contribution in [0.2, 0.25) is 10.0 Å². The van der Waals surface area contributed by atoms with Crippen molar-refractivity contribution in [1.29, 1.82) is 0 Å². The summed E-state index contributed by atoms with van der Waals surface area (Å²) in [7, 11) is 0. The Labute approximate surface area is 204 Å². The van der Waals surface area contributed by atoms with E-state index in [0.717, 1.165) is 10.6 Å². The molecule has 8 nitrogen and oxygen atoms in total. The third kappa shape index (κ3) is 4.38. The van der Waals surface area contributed by atoms with E-state index in [4.69, 9.17) is 32.7 Å². The first-order chi connectivity index (χ1) is 16.0. The Kier molecular flexibility index (Phi) is 5.90. The molecule has 2 aromatic carbocycles. The Bertz CT molecular complexity index is 1460. The van der Waals surface area contributed by atoms with Crippen LogP contribution in [-0.2, 0) is 0 Å². The number of hydrogen-bond donors (Lipinski definition) is 0. The largest absolute Gasteiger partial charge is 0.454 e. The van der Waals surface area contributed by atoms with E-state index in [-0.39, 0.29) is 18.0 Å². The van der Waals surface area contributed by atoms with Gasteiger partial charge in [-0.3, -0.25) is 10.1 Å². The molecule has 0 saturated heterocycles. The number of nitrogens with zero attached hydrogens (tertiary/aromatic N) is 4. The van der Waals surface area contributed by atoms with E-state index in [0.29, 0.717) is 32.0 Å². The second-order valence-electron chi connectivity index (χ2n) is 6.67. The number of hydrogen-bond acceptors (Lipinski definition) is 8. The zero-order chi connectivity index (χ0) is 22.9. The third-order valence-electron chi connectivity index (χ3n) is 4.62. The van der Waals surface area contributed by atoms with Crippen molar-refractivity contribution in [3.8, 4) is 22.1 Å². The first kappa shape index (κ1) is 21.7. The second-order valence-corrected chi connectivity index (χ2v) is 9.27. The highest BCUT2D eigenvalue weighted by atomic mass is 35.5. The summed E-state index contributed by atoms with van der Waals surface area (Å²) in [5.74, 6) is 0.758. The number of thiazole rings is 1. The Morgan fingerprint density at radius 1 is 1.09 bits per heavy atom. The van der Waals surface area contributed by atoms with E-state index in [1.54, 1.807) is 34.2 Å². The maximum Gasteiger partial charge on any atom is 0.282 e. The molecule has 1 aliphatic heterocycles. The van der Waals surface area contributed by atoms with Gasteiger partial charge in [-0.25, -0.2) is 9.67 Å². The van der Waals surface area contributed by atoms with Gasteiger partial charge in [0, 0.05) is 5.38 Å². The molecule has 0 aliphatic carbocycles. The average Bonchev–Trinajstić information content (AvgIpc) is 3.54. The summed E-state index contributed by atoms with van der Waals surface area (Å²) in [4.78, 5) is 17.3. The molecule has 0 N–H and O–H groups in total. The van der Waals surface area contributed by atoms with E-state index >= 15 is 0 Å². The van der Waals surface area contributed by atoms with Crippen LogP contribution in [0.5, 0.6) is 11.5 Å². The van der Waals surface area contributed by atoms with Crippen LogP contribution in [0, 0.1) is 10.1 Å². The molecule has 12 heteroatoms. The monoisotopic (exact) mass is 518 g/mol. The second kappa shape index (κ2) is 8.99. The van der Waals surface area contributed by atoms with Crippen molar-refractivity contribution < 1.29 is 14.4 Å². The van der Waals surface area contributed by atoms with Gasteiger partial charge in [-0.15, -0.1) is 22.7 Å². The maximum atomic E-state index is 11.6. The van der Waals surface area contributed by atoms with Crippen molar-refractivity contribution in [1.82, 2.24) is 4.68 Å². The SMILES string of the molecule is O=[N+]([O-])c1cc2c(cc1C=Nn1c(-c3cccs3)csc1=Nc1ccc(Cl)c(Cl)c1)OCO2. The lowest BCUT2D eigenvalue weighted by Crippen LogP contribution is -2.11. The average molecular weight is 519 g/mol. The van der Waals surface area contributed by atoms with Gasteiger partial charge in [-0.05, 0) is 35.7 Å². The standard InChI is InChI=1S/C21H12Cl2N4O4S2/c22-14-4-3-13(7-15(14)23)25-21-26(17(10-33-21)20-2-1-5-32-20)24-9-12-6-18-19(31-11-30-18)8-16(12)27(28)29/h1-10H,11H2. The van der Waals surface area contributed by atoms with Crippen LogP contribution < -0.4 is 14.3 Å². The molecule has 5 rings (SSSR count). The third-order valence-corrected chi connectivity index (χ3v) is 7.07. The van der Waals surface area contributed by atoms with Crippen molar-refractivity contribution in [2.24, 2.45) is 10.1 Å². The van der Waals surface area contributed by atoms with Gasteiger partial charge in [0.1, 0.15) is 0 Å². The predicted molar refractivity (Wildman–Crippen MR) is 130 cm³/mol. The molecule has 166 valence electrons. The molecule has 0 unspecified atom stereocenters. The topological polar surface area (TPSA) is 91.2 Å². The van der Waals surface area contributed by atoms with Crippen LogP contribution in [0.1, 0.15) is 5.56 Å². The van der Waals surface area contributed by atoms with Crippen LogP contribution in [-0.4, -0.2) is 22.6 Å². The summed E-state index contributed by atoms with van der Waals surface area (Å²) in [5.41, 5.74) is 1.54. The number of rotatable bonds is 5. The van der Waals surface area contributed by atoms with Crippen LogP contribution in [0.25, 0.3) is 10.6 Å². The fraction of sp³-hybridized carbons (Fsp3) is 0.0476. The van der Waals surface area contributed by atoms with E-state index in [2.05, 4.69) is 10.1 Å². The zero-order valence-electron chi connectivity index (χ0n) is 16.5. The molecule has 0 bridgehead atoms. The summed E-state index contributed by atoms with van der Waals surface area (Å²) in [6.07, 6.45) is 1.41. The van der Waals surface area contributed by atoms with Gasteiger partial charge in [-0.2, -0.15) is 5.10 Å². The normalized spacial score (nSPS) is 13.2. The number of benzene rings is 2. The molecule has 0 radical (unpaired) electrons. The maximum absolute atomic E-state index is 11.6. The van der Waals surface area contributed by atoms with Crippen LogP contribution >= 0.6 is 45.9 Å². The van der Waals surface area contributed by atoms with Gasteiger partial charge in [0.15, 0.2) is 11.5 Å². The molecular formula is C21H12Cl2N4O4S2. The van der Waals surface area contributed by atoms with Gasteiger partial charge >= 0.3 is 0 Å². The lowest BCUT2D eigenvalue weighted by Gasteiger charge is -2.03. The number of fused-ring (bicyclic) bond motifs is 1. The van der Waals surface area contributed by atoms with Crippen molar-refractivity contribution in [3.05, 3.63) is 83.7 Å². The smallest absolute Gasteiger partial charge is 0.282 e. The fourth-order valence-electron chi connectivity index (χ4n) is 3.08. The molecule has 0 amide bonds. The van der Waals surface area contributed by atoms with Crippen molar-refractivity contribution >= 4 is 63.5 Å². The summed E-state index contributed by atoms with van der Waals surface area (Å²) in [6, 6.07) is 11.8. The highest BCUT2D eigenvalue weighted by molar-refractivity contribution is 7.14. The lowest BCUT2D eigenvalue weighted by atomic mass is 10.1. The summed E-state index contributed by atoms with van der Waals surface area (Å²) in [5, 5.41) is 20.9. The number of thiophene rings is 1. The summed E-state index contributed by atoms with van der Waals surface area (Å²) >= 11 is 15.1. The molecule has 0 saturated carbocycles. The van der Waals surface area contributed by atoms with Crippen LogP contribution in [0.4, 0.5) is 11.4 Å². The van der Waals surface area contributed by atoms with Gasteiger partial charge in [0.2, 0.25) is 11.6 Å². The van der Waals surface area contributed by atoms with Crippen molar-refractivity contribution in [3.63, 3.8) is 0 Å². The molecule has 0 spiro atoms. The predicted octanol–water partition coefficient (Wildman–Crippen LogP) is 6.34. The first-order valence-corrected chi connectivity index (χ1v) is 11.9. The zero-order valence-corrected chi connectivity index (χ0v) is 19.6. The number of nitro groups is 1. The van der Waals surface area contributed by atoms with E-state index < -0.39 is 4.92 Å². The highest BCUT2D eigenvalue weighted by Gasteiger charge is 2.22. The first-order valence-electron chi connectivity index (χ1n) is 9.36. The molecule has 2 aromatic heterocycles. The highest BCUT2D eigenvalue weighted by Crippen LogP contribution is 2.37. The Hall–Kier alpha value is -3.18. The summed E-state index contributed by atoms with van der Waals surface area (Å²) < 4.78 is 12.3. The van der Waals surface area contributed by atoms with E-state index in [1.165, 1.54) is 29.7 Å². The lowest BCUT2D eigenvalue weighted by molar-refractivity contribution is -0.385. The van der Waals surface area contributed by atoms with Crippen molar-refractivity contribution in [2.45, 2.75) is 0 Å². The van der Waals surface area contributed by atoms with Gasteiger partial charge in [-0.1, -0.05) is 29.3 Å². The number of aromatic nitrogens is 1. The van der Waals surface area contributed by atoms with Gasteiger partial charge in [0.25, 0.3) is 5.69 Å². The molecule has 33 heavy (non-hydrogen) atoms. The minimum atomic E-state index is -0.483. The quantitative estimate of drug-likeness (QED) is 0.175. The molecular weight excluding hydrogens is 507 g/mol. The minimum Gasteiger partial charge on any atom is -0.454 e. The van der Waals surface area contributed by atoms with Crippen LogP contribution in [0.3, 0.4) is 0 Å². The van der Waals surface area contributed by atoms with Crippen molar-refractivity contribution in [2.75, 3.05) is 6.79 Å². The molecule has 1 aliphatic rings. The molecule has 4 aromatic rings. The minimum absolute atomic E-state index is 0.0154.